The van der Waals surface area contributed by atoms with Crippen LogP contribution < -0.4 is 10.1 Å². The second kappa shape index (κ2) is 8.29. The van der Waals surface area contributed by atoms with Crippen molar-refractivity contribution in [1.29, 1.82) is 5.41 Å². The number of piperidine rings is 2. The van der Waals surface area contributed by atoms with E-state index in [2.05, 4.69) is 32.9 Å². The average Bonchev–Trinajstić information content (AvgIpc) is 3.08. The van der Waals surface area contributed by atoms with Crippen molar-refractivity contribution in [2.75, 3.05) is 18.4 Å². The lowest BCUT2D eigenvalue weighted by Gasteiger charge is -2.54. The molecule has 1 aromatic heterocycles. The molecular formula is C21H27FN6OS. The first-order chi connectivity index (χ1) is 14.3. The minimum absolute atomic E-state index is 0.0502. The van der Waals surface area contributed by atoms with Crippen LogP contribution in [-0.4, -0.2) is 44.5 Å². The molecule has 7 nitrogen and oxygen atoms in total. The highest BCUT2D eigenvalue weighted by atomic mass is 32.1. The highest BCUT2D eigenvalue weighted by Crippen LogP contribution is 2.43. The van der Waals surface area contributed by atoms with Crippen LogP contribution in [0.15, 0.2) is 35.4 Å². The molecule has 0 amide bonds. The van der Waals surface area contributed by atoms with E-state index in [9.17, 15) is 4.39 Å². The first kappa shape index (κ1) is 20.7. The van der Waals surface area contributed by atoms with Crippen molar-refractivity contribution in [1.82, 2.24) is 19.7 Å². The van der Waals surface area contributed by atoms with Crippen molar-refractivity contribution in [3.05, 3.63) is 41.2 Å². The minimum Gasteiger partial charge on any atom is -0.424 e. The van der Waals surface area contributed by atoms with E-state index >= 15 is 0 Å². The fourth-order valence-corrected chi connectivity index (χ4v) is 4.51. The van der Waals surface area contributed by atoms with E-state index in [0.29, 0.717) is 41.3 Å². The Labute approximate surface area is 181 Å². The molecule has 30 heavy (non-hydrogen) atoms. The predicted molar refractivity (Wildman–Crippen MR) is 118 cm³/mol. The van der Waals surface area contributed by atoms with E-state index in [-0.39, 0.29) is 11.9 Å². The molecule has 2 saturated heterocycles. The standard InChI is InChI=1S/C21H27FN6OS/c1-12(2)28-21(29-17-6-4-5-16(22)9-17)25-20(26-28)24-19-14-8-15(19)11-27(10-14)18(30)7-13(3)23/h4-7,9,12,14-15,19,23,30H,8,10-11H2,1-3H3,(H,24,26)/b18-7-,23-13?/t14-,15?,19-/m0/s1. The summed E-state index contributed by atoms with van der Waals surface area (Å²) in [5.74, 6) is 1.51. The smallest absolute Gasteiger partial charge is 0.322 e. The number of rotatable bonds is 7. The number of benzene rings is 1. The van der Waals surface area contributed by atoms with Crippen LogP contribution in [0, 0.1) is 23.1 Å². The number of nitrogens with one attached hydrogen (secondary N) is 2. The molecule has 0 radical (unpaired) electrons. The summed E-state index contributed by atoms with van der Waals surface area (Å²) in [6, 6.07) is 6.69. The van der Waals surface area contributed by atoms with E-state index in [4.69, 9.17) is 10.1 Å². The number of halogens is 1. The zero-order chi connectivity index (χ0) is 21.4. The lowest BCUT2D eigenvalue weighted by Crippen LogP contribution is -2.60. The molecule has 2 aromatic rings. The summed E-state index contributed by atoms with van der Waals surface area (Å²) in [6.07, 6.45) is 2.95. The van der Waals surface area contributed by atoms with Gasteiger partial charge in [0.2, 0.25) is 5.95 Å². The normalized spacial score (nSPS) is 23.3. The number of aromatic nitrogens is 3. The molecule has 160 valence electrons. The quantitative estimate of drug-likeness (QED) is 0.450. The third-order valence-electron chi connectivity index (χ3n) is 5.59. The molecule has 1 unspecified atom stereocenters. The molecule has 3 aliphatic rings. The molecule has 9 heteroatoms. The van der Waals surface area contributed by atoms with Crippen LogP contribution in [0.25, 0.3) is 0 Å². The van der Waals surface area contributed by atoms with Crippen molar-refractivity contribution in [3.63, 3.8) is 0 Å². The number of hydrogen-bond acceptors (Lipinski definition) is 7. The Bertz CT molecular complexity index is 962. The summed E-state index contributed by atoms with van der Waals surface area (Å²) in [7, 11) is 0. The van der Waals surface area contributed by atoms with Gasteiger partial charge in [0.25, 0.3) is 0 Å². The molecule has 0 spiro atoms. The van der Waals surface area contributed by atoms with Gasteiger partial charge in [-0.05, 0) is 57.2 Å². The van der Waals surface area contributed by atoms with Crippen molar-refractivity contribution in [2.45, 2.75) is 39.3 Å². The van der Waals surface area contributed by atoms with Gasteiger partial charge in [-0.15, -0.1) is 17.7 Å². The molecule has 3 atom stereocenters. The summed E-state index contributed by atoms with van der Waals surface area (Å²) in [6.45, 7) is 7.55. The maximum absolute atomic E-state index is 13.5. The fraction of sp³-hybridized carbons (Fsp3) is 0.476. The summed E-state index contributed by atoms with van der Waals surface area (Å²) >= 11 is 4.55. The van der Waals surface area contributed by atoms with Crippen molar-refractivity contribution < 1.29 is 9.13 Å². The molecule has 1 aromatic carbocycles. The van der Waals surface area contributed by atoms with Gasteiger partial charge < -0.3 is 20.4 Å². The number of anilines is 1. The number of thiol groups is 1. The predicted octanol–water partition coefficient (Wildman–Crippen LogP) is 4.33. The number of hydrogen-bond donors (Lipinski definition) is 3. The lowest BCUT2D eigenvalue weighted by molar-refractivity contribution is 0.0362. The minimum atomic E-state index is -0.357. The number of allylic oxidation sites excluding steroid dienone is 1. The van der Waals surface area contributed by atoms with Crippen LogP contribution in [0.3, 0.4) is 0 Å². The molecule has 2 N–H and O–H groups in total. The summed E-state index contributed by atoms with van der Waals surface area (Å²) in [5.41, 5.74) is 0.503. The highest BCUT2D eigenvalue weighted by Gasteiger charge is 2.47. The third kappa shape index (κ3) is 4.30. The van der Waals surface area contributed by atoms with Crippen LogP contribution in [0.1, 0.15) is 33.2 Å². The second-order valence-corrected chi connectivity index (χ2v) is 8.79. The van der Waals surface area contributed by atoms with Gasteiger partial charge >= 0.3 is 6.01 Å². The van der Waals surface area contributed by atoms with Gasteiger partial charge in [-0.25, -0.2) is 9.07 Å². The Balaban J connectivity index is 1.45. The third-order valence-corrected chi connectivity index (χ3v) is 6.00. The van der Waals surface area contributed by atoms with E-state index in [1.807, 2.05) is 13.8 Å². The number of ether oxygens (including phenoxy) is 1. The number of nitrogens with zero attached hydrogens (tertiary/aromatic N) is 4. The molecule has 1 saturated carbocycles. The Morgan fingerprint density at radius 2 is 2.10 bits per heavy atom. The largest absolute Gasteiger partial charge is 0.424 e. The van der Waals surface area contributed by atoms with E-state index in [0.717, 1.165) is 24.5 Å². The van der Waals surface area contributed by atoms with Crippen molar-refractivity contribution >= 4 is 24.3 Å². The Hall–Kier alpha value is -2.55. The van der Waals surface area contributed by atoms with Crippen LogP contribution >= 0.6 is 12.6 Å². The highest BCUT2D eigenvalue weighted by molar-refractivity contribution is 7.84. The molecule has 3 heterocycles. The Kier molecular flexibility index (Phi) is 5.73. The molecular weight excluding hydrogens is 403 g/mol. The maximum atomic E-state index is 13.5. The molecule has 3 fully saturated rings. The number of fused-ring (bicyclic) bond motifs is 2. The Morgan fingerprint density at radius 1 is 1.37 bits per heavy atom. The second-order valence-electron chi connectivity index (χ2n) is 8.33. The fourth-order valence-electron chi connectivity index (χ4n) is 4.16. The molecule has 5 rings (SSSR count). The van der Waals surface area contributed by atoms with Crippen LogP contribution in [-0.2, 0) is 0 Å². The zero-order valence-corrected chi connectivity index (χ0v) is 18.2. The van der Waals surface area contributed by atoms with Gasteiger partial charge in [-0.3, -0.25) is 0 Å². The van der Waals surface area contributed by atoms with E-state index in [1.165, 1.54) is 12.1 Å². The summed E-state index contributed by atoms with van der Waals surface area (Å²) in [5, 5.41) is 16.5. The van der Waals surface area contributed by atoms with E-state index in [1.54, 1.807) is 29.8 Å². The summed E-state index contributed by atoms with van der Waals surface area (Å²) < 4.78 is 21.0. The average molecular weight is 431 g/mol. The lowest BCUT2D eigenvalue weighted by atomic mass is 9.66. The maximum Gasteiger partial charge on any atom is 0.322 e. The first-order valence-corrected chi connectivity index (χ1v) is 10.6. The molecule has 2 aliphatic heterocycles. The van der Waals surface area contributed by atoms with Crippen LogP contribution in [0.2, 0.25) is 0 Å². The van der Waals surface area contributed by atoms with Gasteiger partial charge in [-0.2, -0.15) is 4.98 Å². The van der Waals surface area contributed by atoms with Crippen molar-refractivity contribution in [2.24, 2.45) is 11.8 Å². The van der Waals surface area contributed by atoms with Gasteiger partial charge in [-0.1, -0.05) is 6.07 Å². The van der Waals surface area contributed by atoms with Crippen LogP contribution in [0.4, 0.5) is 10.3 Å². The SMILES string of the molecule is CC(=N)/C=C(\S)N1CC2C[C@@H](C1)[C@@H]2Nc1nc(Oc2cccc(F)c2)n(C(C)C)n1. The molecule has 1 aliphatic carbocycles. The first-order valence-electron chi connectivity index (χ1n) is 10.2. The Morgan fingerprint density at radius 3 is 2.73 bits per heavy atom. The molecule has 2 bridgehead atoms. The van der Waals surface area contributed by atoms with Crippen molar-refractivity contribution in [3.8, 4) is 11.8 Å². The monoisotopic (exact) mass is 430 g/mol. The zero-order valence-electron chi connectivity index (χ0n) is 17.3. The van der Waals surface area contributed by atoms with E-state index < -0.39 is 0 Å². The van der Waals surface area contributed by atoms with Gasteiger partial charge in [0, 0.05) is 30.9 Å². The topological polar surface area (TPSA) is 79.1 Å². The van der Waals surface area contributed by atoms with Gasteiger partial charge in [0.15, 0.2) is 0 Å². The van der Waals surface area contributed by atoms with Gasteiger partial charge in [0.1, 0.15) is 11.6 Å². The van der Waals surface area contributed by atoms with Crippen LogP contribution in [0.5, 0.6) is 11.8 Å². The van der Waals surface area contributed by atoms with Gasteiger partial charge in [0.05, 0.1) is 11.1 Å². The summed E-state index contributed by atoms with van der Waals surface area (Å²) in [4.78, 5) is 6.76.